The quantitative estimate of drug-likeness (QED) is 0.735. The van der Waals surface area contributed by atoms with Gasteiger partial charge in [-0.3, -0.25) is 4.79 Å². The number of piperidine rings is 1. The normalized spacial score (nSPS) is 24.9. The first-order valence-electron chi connectivity index (χ1n) is 8.88. The zero-order chi connectivity index (χ0) is 17.0. The van der Waals surface area contributed by atoms with E-state index in [-0.39, 0.29) is 11.2 Å². The van der Waals surface area contributed by atoms with Gasteiger partial charge in [-0.1, -0.05) is 12.1 Å². The van der Waals surface area contributed by atoms with Crippen molar-refractivity contribution in [3.05, 3.63) is 35.6 Å². The Kier molecular flexibility index (Phi) is 5.82. The van der Waals surface area contributed by atoms with Crippen LogP contribution in [0.15, 0.2) is 24.3 Å². The Labute approximate surface area is 148 Å². The smallest absolute Gasteiger partial charge is 0.230 e. The number of halogens is 1. The van der Waals surface area contributed by atoms with E-state index in [1.165, 1.54) is 24.3 Å². The molecule has 1 atom stereocenters. The maximum atomic E-state index is 13.1. The predicted molar refractivity (Wildman–Crippen MR) is 97.5 cm³/mol. The lowest BCUT2D eigenvalue weighted by atomic mass is 9.78. The van der Waals surface area contributed by atoms with Crippen LogP contribution >= 0.6 is 11.8 Å². The van der Waals surface area contributed by atoms with Crippen molar-refractivity contribution in [1.82, 2.24) is 9.80 Å². The molecule has 2 heterocycles. The van der Waals surface area contributed by atoms with Crippen molar-refractivity contribution in [1.29, 1.82) is 0 Å². The minimum Gasteiger partial charge on any atom is -0.338 e. The van der Waals surface area contributed by atoms with Gasteiger partial charge in [-0.15, -0.1) is 0 Å². The van der Waals surface area contributed by atoms with Crippen LogP contribution in [0.2, 0.25) is 0 Å². The molecular weight excluding hydrogens is 323 g/mol. The van der Waals surface area contributed by atoms with Crippen molar-refractivity contribution in [3.63, 3.8) is 0 Å². The monoisotopic (exact) mass is 350 g/mol. The van der Waals surface area contributed by atoms with Crippen molar-refractivity contribution in [2.24, 2.45) is 5.41 Å². The van der Waals surface area contributed by atoms with Crippen LogP contribution in [0.25, 0.3) is 0 Å². The highest BCUT2D eigenvalue weighted by atomic mass is 32.2. The first-order valence-corrected chi connectivity index (χ1v) is 10.3. The largest absolute Gasteiger partial charge is 0.338 e. The van der Waals surface area contributed by atoms with Gasteiger partial charge in [-0.25, -0.2) is 4.39 Å². The molecule has 2 saturated heterocycles. The highest BCUT2D eigenvalue weighted by Gasteiger charge is 2.47. The summed E-state index contributed by atoms with van der Waals surface area (Å²) in [6.07, 6.45) is 6.43. The zero-order valence-corrected chi connectivity index (χ0v) is 15.3. The van der Waals surface area contributed by atoms with Gasteiger partial charge in [-0.2, -0.15) is 11.8 Å². The number of carbonyl (C=O) groups is 1. The molecule has 0 aliphatic carbocycles. The lowest BCUT2D eigenvalue weighted by molar-refractivity contribution is -0.146. The third-order valence-corrected chi connectivity index (χ3v) is 6.06. The minimum absolute atomic E-state index is 0.169. The fraction of sp³-hybridized carbons (Fsp3) is 0.632. The maximum absolute atomic E-state index is 13.1. The van der Waals surface area contributed by atoms with Crippen molar-refractivity contribution in [3.8, 4) is 0 Å². The summed E-state index contributed by atoms with van der Waals surface area (Å²) in [5.41, 5.74) is 0.842. The third-order valence-electron chi connectivity index (χ3n) is 5.37. The van der Waals surface area contributed by atoms with Crippen LogP contribution in [-0.4, -0.2) is 53.9 Å². The van der Waals surface area contributed by atoms with Crippen LogP contribution in [0.3, 0.4) is 0 Å². The highest BCUT2D eigenvalue weighted by Crippen LogP contribution is 2.40. The van der Waals surface area contributed by atoms with E-state index in [9.17, 15) is 9.18 Å². The van der Waals surface area contributed by atoms with Crippen molar-refractivity contribution >= 4 is 17.7 Å². The molecule has 3 rings (SSSR count). The Balaban J connectivity index is 1.61. The number of likely N-dealkylation sites (tertiary alicyclic amines) is 2. The fourth-order valence-electron chi connectivity index (χ4n) is 4.07. The van der Waals surface area contributed by atoms with Gasteiger partial charge in [0.25, 0.3) is 0 Å². The second-order valence-electron chi connectivity index (χ2n) is 7.11. The van der Waals surface area contributed by atoms with Crippen molar-refractivity contribution in [2.75, 3.05) is 38.2 Å². The number of hydrogen-bond donors (Lipinski definition) is 0. The topological polar surface area (TPSA) is 23.6 Å². The first-order chi connectivity index (χ1) is 11.6. The standard InChI is InChI=1S/C19H27FN2OS/c1-24-13-3-10-21-12-9-19(15-21)8-2-11-22(18(19)23)14-16-4-6-17(20)7-5-16/h4-7H,2-3,8-15H2,1H3/t19-/m1/s1. The van der Waals surface area contributed by atoms with Gasteiger partial charge in [0.2, 0.25) is 5.91 Å². The first kappa shape index (κ1) is 17.7. The van der Waals surface area contributed by atoms with Gasteiger partial charge >= 0.3 is 0 Å². The molecule has 2 aliphatic rings. The van der Waals surface area contributed by atoms with Crippen LogP contribution in [-0.2, 0) is 11.3 Å². The molecule has 5 heteroatoms. The molecule has 2 aliphatic heterocycles. The van der Waals surface area contributed by atoms with Crippen molar-refractivity contribution < 1.29 is 9.18 Å². The molecule has 132 valence electrons. The summed E-state index contributed by atoms with van der Waals surface area (Å²) in [6.45, 7) is 4.50. The molecule has 0 N–H and O–H groups in total. The molecular formula is C19H27FN2OS. The lowest BCUT2D eigenvalue weighted by Crippen LogP contribution is -2.49. The highest BCUT2D eigenvalue weighted by molar-refractivity contribution is 7.98. The summed E-state index contributed by atoms with van der Waals surface area (Å²) in [5.74, 6) is 1.27. The Morgan fingerprint density at radius 2 is 2.00 bits per heavy atom. The summed E-state index contributed by atoms with van der Waals surface area (Å²) >= 11 is 1.89. The van der Waals surface area contributed by atoms with Gasteiger partial charge in [0.15, 0.2) is 0 Å². The number of benzene rings is 1. The summed E-state index contributed by atoms with van der Waals surface area (Å²) in [6, 6.07) is 6.52. The molecule has 1 aromatic carbocycles. The number of thioether (sulfide) groups is 1. The Hall–Kier alpha value is -1.07. The molecule has 1 spiro atoms. The summed E-state index contributed by atoms with van der Waals surface area (Å²) in [4.78, 5) is 17.6. The van der Waals surface area contributed by atoms with E-state index in [1.54, 1.807) is 12.1 Å². The SMILES string of the molecule is CSCCCN1CC[C@]2(CCCN(Cc3ccc(F)cc3)C2=O)C1. The van der Waals surface area contributed by atoms with Gasteiger partial charge < -0.3 is 9.80 Å². The average molecular weight is 351 g/mol. The van der Waals surface area contributed by atoms with Crippen LogP contribution < -0.4 is 0 Å². The molecule has 0 bridgehead atoms. The average Bonchev–Trinajstić information content (AvgIpc) is 2.98. The number of carbonyl (C=O) groups excluding carboxylic acids is 1. The molecule has 0 saturated carbocycles. The molecule has 1 aromatic rings. The van der Waals surface area contributed by atoms with Gasteiger partial charge in [0.1, 0.15) is 5.82 Å². The maximum Gasteiger partial charge on any atom is 0.230 e. The van der Waals surface area contributed by atoms with Gasteiger partial charge in [0, 0.05) is 19.6 Å². The van der Waals surface area contributed by atoms with Gasteiger partial charge in [0.05, 0.1) is 5.41 Å². The second kappa shape index (κ2) is 7.87. The Bertz CT molecular complexity index is 565. The molecule has 0 aromatic heterocycles. The van der Waals surface area contributed by atoms with E-state index in [4.69, 9.17) is 0 Å². The van der Waals surface area contributed by atoms with Crippen LogP contribution in [0.5, 0.6) is 0 Å². The van der Waals surface area contributed by atoms with Crippen LogP contribution in [0.1, 0.15) is 31.2 Å². The van der Waals surface area contributed by atoms with Crippen LogP contribution in [0.4, 0.5) is 4.39 Å². The molecule has 0 radical (unpaired) electrons. The van der Waals surface area contributed by atoms with E-state index in [2.05, 4.69) is 11.2 Å². The minimum atomic E-state index is -0.225. The predicted octanol–water partition coefficient (Wildman–Crippen LogP) is 3.39. The Morgan fingerprint density at radius 1 is 1.21 bits per heavy atom. The van der Waals surface area contributed by atoms with E-state index in [0.717, 1.165) is 51.0 Å². The van der Waals surface area contributed by atoms with E-state index in [1.807, 2.05) is 16.7 Å². The third kappa shape index (κ3) is 3.94. The number of nitrogens with zero attached hydrogens (tertiary/aromatic N) is 2. The van der Waals surface area contributed by atoms with E-state index in [0.29, 0.717) is 12.5 Å². The number of rotatable bonds is 6. The molecule has 2 fully saturated rings. The number of amides is 1. The van der Waals surface area contributed by atoms with Gasteiger partial charge in [-0.05, 0) is 68.5 Å². The summed E-state index contributed by atoms with van der Waals surface area (Å²) in [7, 11) is 0. The van der Waals surface area contributed by atoms with Crippen LogP contribution in [0, 0.1) is 11.2 Å². The number of hydrogen-bond acceptors (Lipinski definition) is 3. The zero-order valence-electron chi connectivity index (χ0n) is 14.5. The molecule has 24 heavy (non-hydrogen) atoms. The van der Waals surface area contributed by atoms with E-state index < -0.39 is 0 Å². The Morgan fingerprint density at radius 3 is 2.75 bits per heavy atom. The lowest BCUT2D eigenvalue weighted by Gasteiger charge is -2.39. The fourth-order valence-corrected chi connectivity index (χ4v) is 4.49. The van der Waals surface area contributed by atoms with Crippen molar-refractivity contribution in [2.45, 2.75) is 32.2 Å². The van der Waals surface area contributed by atoms with E-state index >= 15 is 0 Å². The molecule has 1 amide bonds. The molecule has 0 unspecified atom stereocenters. The summed E-state index contributed by atoms with van der Waals surface area (Å²) in [5, 5.41) is 0. The second-order valence-corrected chi connectivity index (χ2v) is 8.10. The molecule has 3 nitrogen and oxygen atoms in total. The summed E-state index contributed by atoms with van der Waals surface area (Å²) < 4.78 is 13.1.